The van der Waals surface area contributed by atoms with Crippen molar-refractivity contribution in [2.45, 2.75) is 6.42 Å². The molecular formula is C12H17N3O3S. The van der Waals surface area contributed by atoms with Gasteiger partial charge in [0, 0.05) is 31.9 Å². The number of nitrogens with one attached hydrogen (secondary N) is 1. The van der Waals surface area contributed by atoms with Crippen molar-refractivity contribution < 1.29 is 13.2 Å². The molecule has 0 atom stereocenters. The molecule has 0 spiro atoms. The number of nitrogens with zero attached hydrogens (tertiary/aromatic N) is 2. The Hall–Kier alpha value is -1.63. The Labute approximate surface area is 112 Å². The van der Waals surface area contributed by atoms with E-state index in [1.165, 1.54) is 0 Å². The zero-order chi connectivity index (χ0) is 13.9. The molecule has 0 unspecified atom stereocenters. The summed E-state index contributed by atoms with van der Waals surface area (Å²) in [6.07, 6.45) is 2.06. The third-order valence-corrected chi connectivity index (χ3v) is 4.82. The number of aromatic nitrogens is 1. The number of rotatable bonds is 2. The topological polar surface area (TPSA) is 79.4 Å². The van der Waals surface area contributed by atoms with Crippen LogP contribution in [0.25, 0.3) is 0 Å². The monoisotopic (exact) mass is 283 g/mol. The van der Waals surface area contributed by atoms with Gasteiger partial charge in [0.15, 0.2) is 9.84 Å². The number of hydrogen-bond donors (Lipinski definition) is 1. The van der Waals surface area contributed by atoms with Crippen LogP contribution in [0.1, 0.15) is 16.8 Å². The van der Waals surface area contributed by atoms with E-state index in [2.05, 4.69) is 10.3 Å². The molecule has 19 heavy (non-hydrogen) atoms. The maximum atomic E-state index is 12.3. The average molecular weight is 283 g/mol. The second-order valence-electron chi connectivity index (χ2n) is 4.48. The fraction of sp³-hybridized carbons (Fsp3) is 0.500. The van der Waals surface area contributed by atoms with Crippen molar-refractivity contribution in [3.05, 3.63) is 23.9 Å². The van der Waals surface area contributed by atoms with Crippen molar-refractivity contribution in [1.29, 1.82) is 0 Å². The van der Waals surface area contributed by atoms with Crippen LogP contribution in [-0.4, -0.2) is 55.9 Å². The highest BCUT2D eigenvalue weighted by Crippen LogP contribution is 2.12. The predicted octanol–water partition coefficient (Wildman–Crippen LogP) is 0.384. The third kappa shape index (κ3) is 3.44. The van der Waals surface area contributed by atoms with Gasteiger partial charge in [-0.25, -0.2) is 13.4 Å². The molecule has 1 aromatic rings. The van der Waals surface area contributed by atoms with Crippen LogP contribution in [0.15, 0.2) is 18.3 Å². The maximum absolute atomic E-state index is 12.3. The van der Waals surface area contributed by atoms with Crippen molar-refractivity contribution in [2.75, 3.05) is 37.0 Å². The van der Waals surface area contributed by atoms with E-state index in [0.29, 0.717) is 24.3 Å². The maximum Gasteiger partial charge on any atom is 0.254 e. The highest BCUT2D eigenvalue weighted by molar-refractivity contribution is 7.91. The smallest absolute Gasteiger partial charge is 0.254 e. The Morgan fingerprint density at radius 1 is 1.37 bits per heavy atom. The number of carbonyl (C=O) groups is 1. The number of sulfone groups is 1. The number of pyridine rings is 1. The minimum Gasteiger partial charge on any atom is -0.373 e. The second kappa shape index (κ2) is 5.56. The summed E-state index contributed by atoms with van der Waals surface area (Å²) in [6.45, 7) is 0.744. The summed E-state index contributed by atoms with van der Waals surface area (Å²) >= 11 is 0. The van der Waals surface area contributed by atoms with E-state index < -0.39 is 9.84 Å². The van der Waals surface area contributed by atoms with Gasteiger partial charge < -0.3 is 10.2 Å². The molecule has 1 amide bonds. The van der Waals surface area contributed by atoms with Crippen LogP contribution in [0, 0.1) is 0 Å². The van der Waals surface area contributed by atoms with E-state index >= 15 is 0 Å². The number of carbonyl (C=O) groups excluding carboxylic acids is 1. The molecule has 0 aromatic carbocycles. The van der Waals surface area contributed by atoms with Crippen LogP contribution in [0.5, 0.6) is 0 Å². The molecule has 104 valence electrons. The molecule has 2 heterocycles. The van der Waals surface area contributed by atoms with Crippen LogP contribution < -0.4 is 5.32 Å². The van der Waals surface area contributed by atoms with E-state index in [9.17, 15) is 13.2 Å². The zero-order valence-corrected chi connectivity index (χ0v) is 11.6. The first kappa shape index (κ1) is 13.8. The Morgan fingerprint density at radius 2 is 2.16 bits per heavy atom. The van der Waals surface area contributed by atoms with E-state index in [-0.39, 0.29) is 24.0 Å². The molecular weight excluding hydrogens is 266 g/mol. The van der Waals surface area contributed by atoms with Gasteiger partial charge in [0.2, 0.25) is 0 Å². The second-order valence-corrected chi connectivity index (χ2v) is 6.78. The highest BCUT2D eigenvalue weighted by atomic mass is 32.2. The quantitative estimate of drug-likeness (QED) is 0.849. The van der Waals surface area contributed by atoms with Crippen molar-refractivity contribution in [3.63, 3.8) is 0 Å². The van der Waals surface area contributed by atoms with Crippen molar-refractivity contribution in [3.8, 4) is 0 Å². The molecule has 7 heteroatoms. The first-order valence-electron chi connectivity index (χ1n) is 6.15. The molecule has 1 fully saturated rings. The molecule has 1 N–H and O–H groups in total. The van der Waals surface area contributed by atoms with Crippen molar-refractivity contribution in [2.24, 2.45) is 0 Å². The minimum absolute atomic E-state index is 0.0444. The van der Waals surface area contributed by atoms with Crippen molar-refractivity contribution >= 4 is 21.6 Å². The van der Waals surface area contributed by atoms with E-state index in [4.69, 9.17) is 0 Å². The van der Waals surface area contributed by atoms with Gasteiger partial charge in [-0.05, 0) is 18.6 Å². The van der Waals surface area contributed by atoms with E-state index in [1.807, 2.05) is 0 Å². The first-order chi connectivity index (χ1) is 9.02. The molecule has 0 aliphatic carbocycles. The largest absolute Gasteiger partial charge is 0.373 e. The highest BCUT2D eigenvalue weighted by Gasteiger charge is 2.23. The standard InChI is InChI=1S/C12H17N3O3S/c1-13-11-9-10(3-4-14-11)12(16)15-5-2-7-19(17,18)8-6-15/h3-4,9H,2,5-8H2,1H3,(H,13,14). The normalized spacial score (nSPS) is 18.7. The van der Waals surface area contributed by atoms with Crippen LogP contribution in [0.3, 0.4) is 0 Å². The van der Waals surface area contributed by atoms with Gasteiger partial charge in [-0.1, -0.05) is 0 Å². The Morgan fingerprint density at radius 3 is 2.89 bits per heavy atom. The SMILES string of the molecule is CNc1cc(C(=O)N2CCCS(=O)(=O)CC2)ccn1. The van der Waals surface area contributed by atoms with Gasteiger partial charge >= 0.3 is 0 Å². The molecule has 1 aliphatic heterocycles. The molecule has 6 nitrogen and oxygen atoms in total. The average Bonchev–Trinajstić information content (AvgIpc) is 2.59. The molecule has 1 saturated heterocycles. The van der Waals surface area contributed by atoms with Gasteiger partial charge in [0.1, 0.15) is 5.82 Å². The summed E-state index contributed by atoms with van der Waals surface area (Å²) in [5, 5.41) is 2.87. The molecule has 0 radical (unpaired) electrons. The predicted molar refractivity (Wildman–Crippen MR) is 73.0 cm³/mol. The van der Waals surface area contributed by atoms with Gasteiger partial charge in [-0.15, -0.1) is 0 Å². The van der Waals surface area contributed by atoms with Crippen LogP contribution >= 0.6 is 0 Å². The van der Waals surface area contributed by atoms with E-state index in [1.54, 1.807) is 30.3 Å². The Kier molecular flexibility index (Phi) is 4.04. The van der Waals surface area contributed by atoms with Crippen molar-refractivity contribution in [1.82, 2.24) is 9.88 Å². The van der Waals surface area contributed by atoms with Crippen LogP contribution in [0.4, 0.5) is 5.82 Å². The molecule has 2 rings (SSSR count). The molecule has 0 saturated carbocycles. The van der Waals surface area contributed by atoms with Gasteiger partial charge in [0.25, 0.3) is 5.91 Å². The fourth-order valence-electron chi connectivity index (χ4n) is 2.02. The number of amides is 1. The van der Waals surface area contributed by atoms with Crippen LogP contribution in [0.2, 0.25) is 0 Å². The van der Waals surface area contributed by atoms with Gasteiger partial charge in [0.05, 0.1) is 11.5 Å². The Bertz CT molecular complexity index is 571. The lowest BCUT2D eigenvalue weighted by molar-refractivity contribution is 0.0768. The molecule has 1 aliphatic rings. The van der Waals surface area contributed by atoms with Crippen LogP contribution in [-0.2, 0) is 9.84 Å². The molecule has 1 aromatic heterocycles. The summed E-state index contributed by atoms with van der Waals surface area (Å²) in [4.78, 5) is 18.0. The minimum atomic E-state index is -3.00. The van der Waals surface area contributed by atoms with Gasteiger partial charge in [-0.3, -0.25) is 4.79 Å². The fourth-order valence-corrected chi connectivity index (χ4v) is 3.30. The lowest BCUT2D eigenvalue weighted by atomic mass is 10.2. The van der Waals surface area contributed by atoms with E-state index in [0.717, 1.165) is 0 Å². The third-order valence-electron chi connectivity index (χ3n) is 3.11. The number of hydrogen-bond acceptors (Lipinski definition) is 5. The summed E-state index contributed by atoms with van der Waals surface area (Å²) in [5.74, 6) is 0.682. The zero-order valence-electron chi connectivity index (χ0n) is 10.8. The molecule has 0 bridgehead atoms. The Balaban J connectivity index is 2.14. The van der Waals surface area contributed by atoms with Gasteiger partial charge in [-0.2, -0.15) is 0 Å². The summed E-state index contributed by atoms with van der Waals surface area (Å²) < 4.78 is 23.0. The summed E-state index contributed by atoms with van der Waals surface area (Å²) in [6, 6.07) is 3.31. The summed E-state index contributed by atoms with van der Waals surface area (Å²) in [7, 11) is -1.27. The lowest BCUT2D eigenvalue weighted by Gasteiger charge is -2.19. The lowest BCUT2D eigenvalue weighted by Crippen LogP contribution is -2.33. The summed E-state index contributed by atoms with van der Waals surface area (Å²) in [5.41, 5.74) is 0.527. The number of anilines is 1. The first-order valence-corrected chi connectivity index (χ1v) is 7.97.